The number of halogens is 3. The van der Waals surface area contributed by atoms with Crippen LogP contribution in [0.3, 0.4) is 0 Å². The third-order valence-corrected chi connectivity index (χ3v) is 4.10. The van der Waals surface area contributed by atoms with E-state index in [0.29, 0.717) is 6.20 Å². The van der Waals surface area contributed by atoms with Crippen LogP contribution in [0.25, 0.3) is 0 Å². The van der Waals surface area contributed by atoms with Gasteiger partial charge in [-0.3, -0.25) is 4.79 Å². The summed E-state index contributed by atoms with van der Waals surface area (Å²) in [4.78, 5) is 24.2. The van der Waals surface area contributed by atoms with Gasteiger partial charge in [0.15, 0.2) is 0 Å². The van der Waals surface area contributed by atoms with Gasteiger partial charge in [-0.1, -0.05) is 13.3 Å². The lowest BCUT2D eigenvalue weighted by atomic mass is 9.98. The van der Waals surface area contributed by atoms with Gasteiger partial charge in [0, 0.05) is 12.3 Å². The smallest absolute Gasteiger partial charge is 0.417 e. The number of esters is 1. The van der Waals surface area contributed by atoms with E-state index in [9.17, 15) is 22.8 Å². The summed E-state index contributed by atoms with van der Waals surface area (Å²) in [7, 11) is 0. The molecular weight excluding hydrogens is 311 g/mol. The maximum atomic E-state index is 12.8. The van der Waals surface area contributed by atoms with Crippen molar-refractivity contribution in [2.24, 2.45) is 0 Å². The lowest BCUT2D eigenvalue weighted by Crippen LogP contribution is -2.33. The molecule has 1 atom stereocenters. The largest absolute Gasteiger partial charge is 0.461 e. The summed E-state index contributed by atoms with van der Waals surface area (Å²) in [6, 6.07) is 0.518. The molecule has 1 aliphatic rings. The summed E-state index contributed by atoms with van der Waals surface area (Å²) >= 11 is 0. The van der Waals surface area contributed by atoms with Crippen molar-refractivity contribution in [2.75, 3.05) is 0 Å². The van der Waals surface area contributed by atoms with E-state index in [0.717, 1.165) is 48.8 Å². The van der Waals surface area contributed by atoms with Crippen LogP contribution in [-0.4, -0.2) is 16.6 Å². The zero-order valence-electron chi connectivity index (χ0n) is 12.9. The van der Waals surface area contributed by atoms with Crippen LogP contribution in [0.2, 0.25) is 0 Å². The molecule has 0 saturated heterocycles. The normalized spacial score (nSPS) is 17.7. The van der Waals surface area contributed by atoms with Crippen LogP contribution < -0.4 is 5.56 Å². The Balaban J connectivity index is 2.22. The Bertz CT molecular complexity index is 603. The summed E-state index contributed by atoms with van der Waals surface area (Å²) in [5, 5.41) is 0. The molecule has 1 heterocycles. The van der Waals surface area contributed by atoms with Crippen molar-refractivity contribution >= 4 is 5.97 Å². The van der Waals surface area contributed by atoms with Crippen LogP contribution in [0.4, 0.5) is 13.2 Å². The Morgan fingerprint density at radius 2 is 1.96 bits per heavy atom. The van der Waals surface area contributed by atoms with Crippen molar-refractivity contribution in [3.8, 4) is 0 Å². The number of pyridine rings is 1. The quantitative estimate of drug-likeness (QED) is 0.791. The summed E-state index contributed by atoms with van der Waals surface area (Å²) in [5.41, 5.74) is -1.61. The van der Waals surface area contributed by atoms with Crippen molar-refractivity contribution in [2.45, 2.75) is 63.8 Å². The Hall–Kier alpha value is -1.79. The molecule has 0 amide bonds. The molecular formula is C16H20F3NO3. The standard InChI is InChI=1S/C16H20F3NO3/c1-2-13(15(22)23-12-6-4-3-5-7-12)20-10-11(16(17,18)19)8-9-14(20)21/h8-10,12-13H,2-7H2,1H3. The zero-order chi connectivity index (χ0) is 17.0. The zero-order valence-corrected chi connectivity index (χ0v) is 12.9. The Kier molecular flexibility index (Phi) is 5.49. The molecule has 1 saturated carbocycles. The third-order valence-electron chi connectivity index (χ3n) is 4.10. The van der Waals surface area contributed by atoms with E-state index in [1.807, 2.05) is 0 Å². The topological polar surface area (TPSA) is 48.3 Å². The van der Waals surface area contributed by atoms with Gasteiger partial charge in [0.25, 0.3) is 5.56 Å². The lowest BCUT2D eigenvalue weighted by Gasteiger charge is -2.25. The number of carbonyl (C=O) groups is 1. The molecule has 0 aliphatic heterocycles. The van der Waals surface area contributed by atoms with E-state index in [1.165, 1.54) is 0 Å². The molecule has 1 unspecified atom stereocenters. The van der Waals surface area contributed by atoms with E-state index in [-0.39, 0.29) is 12.5 Å². The maximum Gasteiger partial charge on any atom is 0.417 e. The molecule has 1 aromatic heterocycles. The molecule has 0 radical (unpaired) electrons. The van der Waals surface area contributed by atoms with Crippen LogP contribution in [0.5, 0.6) is 0 Å². The number of ether oxygens (including phenoxy) is 1. The number of aromatic nitrogens is 1. The molecule has 1 aliphatic carbocycles. The van der Waals surface area contributed by atoms with Crippen LogP contribution in [0, 0.1) is 0 Å². The van der Waals surface area contributed by atoms with E-state index < -0.39 is 29.3 Å². The predicted molar refractivity (Wildman–Crippen MR) is 78.0 cm³/mol. The summed E-state index contributed by atoms with van der Waals surface area (Å²) in [6.07, 6.45) is 0.674. The van der Waals surface area contributed by atoms with Crippen molar-refractivity contribution in [3.63, 3.8) is 0 Å². The van der Waals surface area contributed by atoms with Gasteiger partial charge < -0.3 is 9.30 Å². The molecule has 23 heavy (non-hydrogen) atoms. The number of nitrogens with zero attached hydrogens (tertiary/aromatic N) is 1. The van der Waals surface area contributed by atoms with Crippen molar-refractivity contribution in [1.29, 1.82) is 0 Å². The monoisotopic (exact) mass is 331 g/mol. The van der Waals surface area contributed by atoms with Crippen LogP contribution >= 0.6 is 0 Å². The van der Waals surface area contributed by atoms with E-state index in [4.69, 9.17) is 4.74 Å². The molecule has 0 N–H and O–H groups in total. The van der Waals surface area contributed by atoms with Gasteiger partial charge in [-0.05, 0) is 38.2 Å². The number of rotatable bonds is 4. The second-order valence-corrected chi connectivity index (χ2v) is 5.78. The van der Waals surface area contributed by atoms with Gasteiger partial charge in [0.05, 0.1) is 5.56 Å². The molecule has 2 rings (SSSR count). The number of hydrogen-bond donors (Lipinski definition) is 0. The molecule has 0 aromatic carbocycles. The van der Waals surface area contributed by atoms with Crippen molar-refractivity contribution in [1.82, 2.24) is 4.57 Å². The van der Waals surface area contributed by atoms with Crippen LogP contribution in [0.1, 0.15) is 57.1 Å². The minimum Gasteiger partial charge on any atom is -0.461 e. The highest BCUT2D eigenvalue weighted by Crippen LogP contribution is 2.29. The average Bonchev–Trinajstić information content (AvgIpc) is 2.49. The van der Waals surface area contributed by atoms with Gasteiger partial charge in [-0.2, -0.15) is 13.2 Å². The average molecular weight is 331 g/mol. The molecule has 0 spiro atoms. The first-order valence-corrected chi connectivity index (χ1v) is 7.82. The van der Waals surface area contributed by atoms with Crippen LogP contribution in [-0.2, 0) is 15.7 Å². The summed E-state index contributed by atoms with van der Waals surface area (Å²) in [6.45, 7) is 1.64. The third kappa shape index (κ3) is 4.36. The summed E-state index contributed by atoms with van der Waals surface area (Å²) < 4.78 is 44.7. The van der Waals surface area contributed by atoms with Gasteiger partial charge in [0.2, 0.25) is 0 Å². The molecule has 1 fully saturated rings. The fourth-order valence-electron chi connectivity index (χ4n) is 2.82. The summed E-state index contributed by atoms with van der Waals surface area (Å²) in [5.74, 6) is -0.638. The highest BCUT2D eigenvalue weighted by molar-refractivity contribution is 5.74. The van der Waals surface area contributed by atoms with Crippen LogP contribution in [0.15, 0.2) is 23.1 Å². The van der Waals surface area contributed by atoms with Gasteiger partial charge in [-0.25, -0.2) is 4.79 Å². The Morgan fingerprint density at radius 3 is 2.52 bits per heavy atom. The first-order valence-electron chi connectivity index (χ1n) is 7.82. The van der Waals surface area contributed by atoms with Gasteiger partial charge >= 0.3 is 12.1 Å². The van der Waals surface area contributed by atoms with E-state index in [2.05, 4.69) is 0 Å². The van der Waals surface area contributed by atoms with Gasteiger partial charge in [0.1, 0.15) is 12.1 Å². The first kappa shape index (κ1) is 17.6. The number of hydrogen-bond acceptors (Lipinski definition) is 3. The SMILES string of the molecule is CCC(C(=O)OC1CCCCC1)n1cc(C(F)(F)F)ccc1=O. The molecule has 128 valence electrons. The second kappa shape index (κ2) is 7.19. The van der Waals surface area contributed by atoms with Crippen molar-refractivity contribution < 1.29 is 22.7 Å². The minimum absolute atomic E-state index is 0.187. The predicted octanol–water partition coefficient (Wildman–Crippen LogP) is 3.69. The second-order valence-electron chi connectivity index (χ2n) is 5.78. The lowest BCUT2D eigenvalue weighted by molar-refractivity contribution is -0.155. The Morgan fingerprint density at radius 1 is 1.30 bits per heavy atom. The highest BCUT2D eigenvalue weighted by Gasteiger charge is 2.33. The van der Waals surface area contributed by atoms with Crippen molar-refractivity contribution in [3.05, 3.63) is 34.2 Å². The molecule has 7 heteroatoms. The molecule has 1 aromatic rings. The fourth-order valence-corrected chi connectivity index (χ4v) is 2.82. The van der Waals surface area contributed by atoms with Gasteiger partial charge in [-0.15, -0.1) is 0 Å². The van der Waals surface area contributed by atoms with E-state index >= 15 is 0 Å². The number of alkyl halides is 3. The number of carbonyl (C=O) groups excluding carboxylic acids is 1. The highest BCUT2D eigenvalue weighted by atomic mass is 19.4. The minimum atomic E-state index is -4.57. The maximum absolute atomic E-state index is 12.8. The molecule has 0 bridgehead atoms. The Labute approximate surface area is 132 Å². The molecule has 4 nitrogen and oxygen atoms in total. The fraction of sp³-hybridized carbons (Fsp3) is 0.625. The van der Waals surface area contributed by atoms with E-state index in [1.54, 1.807) is 6.92 Å². The first-order chi connectivity index (χ1) is 10.8.